The van der Waals surface area contributed by atoms with Gasteiger partial charge in [-0.1, -0.05) is 61.5 Å². The zero-order valence-corrected chi connectivity index (χ0v) is 28.4. The van der Waals surface area contributed by atoms with Gasteiger partial charge in [0.25, 0.3) is 0 Å². The molecule has 0 aliphatic rings. The molecule has 12 heteroatoms. The van der Waals surface area contributed by atoms with E-state index < -0.39 is 52.8 Å². The minimum Gasteiger partial charge on any atom is -0.296 e. The molecule has 0 atom stereocenters. The third-order valence-corrected chi connectivity index (χ3v) is 7.93. The van der Waals surface area contributed by atoms with Crippen molar-refractivity contribution in [1.29, 1.82) is 0 Å². The molecule has 4 aromatic rings. The van der Waals surface area contributed by atoms with Crippen LogP contribution in [0.25, 0.3) is 22.3 Å². The molecule has 0 aromatic heterocycles. The van der Waals surface area contributed by atoms with Crippen molar-refractivity contribution < 1.29 is 53.4 Å². The maximum atomic E-state index is 14.5. The van der Waals surface area contributed by atoms with Crippen LogP contribution in [0.1, 0.15) is 75.3 Å². The van der Waals surface area contributed by atoms with Crippen molar-refractivity contribution in [3.8, 4) is 45.9 Å². The van der Waals surface area contributed by atoms with Gasteiger partial charge in [-0.05, 0) is 85.3 Å². The highest BCUT2D eigenvalue weighted by atomic mass is 19.3. The first kappa shape index (κ1) is 41.0. The molecule has 4 aromatic carbocycles. The summed E-state index contributed by atoms with van der Waals surface area (Å²) in [6.45, 7) is -0.387. The highest BCUT2D eigenvalue weighted by molar-refractivity contribution is 5.66. The molecule has 0 heterocycles. The van der Waals surface area contributed by atoms with Crippen molar-refractivity contribution in [2.45, 2.75) is 70.5 Å². The number of alkyl halides is 2. The lowest BCUT2D eigenvalue weighted by molar-refractivity contribution is -0.392. The third-order valence-electron chi connectivity index (χ3n) is 7.93. The molecule has 0 saturated carbocycles. The molecule has 280 valence electrons. The van der Waals surface area contributed by atoms with Crippen molar-refractivity contribution in [1.82, 2.24) is 0 Å². The SMILES string of the molecule is Fc1cc(C#CCCCCCCOC(F)(F)OCCCCCCC#Cc2ccc(-c3cc(F)c(F)c(F)c3)c(F)c2)ccc1-c1cc(F)c(F)c(F)c1. The molecule has 2 nitrogen and oxygen atoms in total. The lowest BCUT2D eigenvalue weighted by atomic mass is 10.0. The van der Waals surface area contributed by atoms with E-state index in [0.717, 1.165) is 12.1 Å². The van der Waals surface area contributed by atoms with E-state index >= 15 is 0 Å². The fourth-order valence-corrected chi connectivity index (χ4v) is 5.17. The minimum atomic E-state index is -3.70. The maximum absolute atomic E-state index is 14.5. The van der Waals surface area contributed by atoms with Crippen LogP contribution in [0, 0.1) is 70.2 Å². The first-order valence-electron chi connectivity index (χ1n) is 16.9. The van der Waals surface area contributed by atoms with Gasteiger partial charge in [-0.3, -0.25) is 9.47 Å². The fourth-order valence-electron chi connectivity index (χ4n) is 5.17. The van der Waals surface area contributed by atoms with Gasteiger partial charge in [-0.2, -0.15) is 0 Å². The summed E-state index contributed by atoms with van der Waals surface area (Å²) >= 11 is 0. The summed E-state index contributed by atoms with van der Waals surface area (Å²) in [5.74, 6) is 0.896. The van der Waals surface area contributed by atoms with Crippen LogP contribution in [-0.4, -0.2) is 19.5 Å². The summed E-state index contributed by atoms with van der Waals surface area (Å²) < 4.78 is 146. The number of unbranched alkanes of at least 4 members (excludes halogenated alkanes) is 8. The summed E-state index contributed by atoms with van der Waals surface area (Å²) in [5, 5.41) is 0. The van der Waals surface area contributed by atoms with E-state index in [0.29, 0.717) is 99.6 Å². The monoisotopic (exact) mass is 748 g/mol. The third kappa shape index (κ3) is 12.7. The molecule has 0 aliphatic heterocycles. The molecule has 0 saturated heterocycles. The van der Waals surface area contributed by atoms with Crippen LogP contribution in [0.15, 0.2) is 60.7 Å². The van der Waals surface area contributed by atoms with Gasteiger partial charge in [-0.25, -0.2) is 35.1 Å². The van der Waals surface area contributed by atoms with Gasteiger partial charge in [0.2, 0.25) is 0 Å². The van der Waals surface area contributed by atoms with Gasteiger partial charge < -0.3 is 0 Å². The first-order chi connectivity index (χ1) is 25.3. The van der Waals surface area contributed by atoms with Crippen LogP contribution in [0.2, 0.25) is 0 Å². The van der Waals surface area contributed by atoms with Crippen molar-refractivity contribution >= 4 is 0 Å². The molecule has 0 spiro atoms. The van der Waals surface area contributed by atoms with E-state index in [1.54, 1.807) is 0 Å². The van der Waals surface area contributed by atoms with Crippen molar-refractivity contribution in [3.63, 3.8) is 0 Å². The average Bonchev–Trinajstić information content (AvgIpc) is 3.11. The topological polar surface area (TPSA) is 18.5 Å². The molecular weight excluding hydrogens is 714 g/mol. The molecule has 0 amide bonds. The Balaban J connectivity index is 1.02. The molecule has 4 rings (SSSR count). The van der Waals surface area contributed by atoms with Gasteiger partial charge in [0.05, 0.1) is 13.2 Å². The molecule has 0 unspecified atom stereocenters. The highest BCUT2D eigenvalue weighted by Gasteiger charge is 2.31. The summed E-state index contributed by atoms with van der Waals surface area (Å²) in [5.41, 5.74) is 0.212. The predicted molar refractivity (Wildman–Crippen MR) is 180 cm³/mol. The second-order valence-electron chi connectivity index (χ2n) is 12.0. The van der Waals surface area contributed by atoms with E-state index in [1.807, 2.05) is 0 Å². The largest absolute Gasteiger partial charge is 0.485 e. The Morgan fingerprint density at radius 2 is 0.792 bits per heavy atom. The van der Waals surface area contributed by atoms with Gasteiger partial charge in [0.15, 0.2) is 34.9 Å². The van der Waals surface area contributed by atoms with Crippen LogP contribution in [0.4, 0.5) is 43.9 Å². The van der Waals surface area contributed by atoms with Crippen LogP contribution in [0.5, 0.6) is 0 Å². The summed E-state index contributed by atoms with van der Waals surface area (Å²) in [6.07, 6.45) is 2.02. The molecule has 53 heavy (non-hydrogen) atoms. The van der Waals surface area contributed by atoms with Crippen molar-refractivity contribution in [3.05, 3.63) is 118 Å². The van der Waals surface area contributed by atoms with Crippen LogP contribution < -0.4 is 0 Å². The number of hydrogen-bond donors (Lipinski definition) is 0. The fraction of sp³-hybridized carbons (Fsp3) is 0.317. The Labute approximate surface area is 301 Å². The number of benzene rings is 4. The highest BCUT2D eigenvalue weighted by Crippen LogP contribution is 2.28. The molecule has 0 bridgehead atoms. The van der Waals surface area contributed by atoms with Crippen LogP contribution in [0.3, 0.4) is 0 Å². The summed E-state index contributed by atoms with van der Waals surface area (Å²) in [4.78, 5) is 0. The van der Waals surface area contributed by atoms with Crippen molar-refractivity contribution in [2.75, 3.05) is 13.2 Å². The average molecular weight is 749 g/mol. The van der Waals surface area contributed by atoms with E-state index in [1.165, 1.54) is 24.3 Å². The summed E-state index contributed by atoms with van der Waals surface area (Å²) in [7, 11) is 0. The smallest absolute Gasteiger partial charge is 0.296 e. The van der Waals surface area contributed by atoms with Gasteiger partial charge >= 0.3 is 6.29 Å². The van der Waals surface area contributed by atoms with E-state index in [4.69, 9.17) is 0 Å². The Hall–Kier alpha value is -4.78. The molecule has 0 fully saturated rings. The lowest BCUT2D eigenvalue weighted by Crippen LogP contribution is -2.26. The number of ether oxygens (including phenoxy) is 2. The maximum Gasteiger partial charge on any atom is 0.485 e. The first-order valence-corrected chi connectivity index (χ1v) is 16.9. The van der Waals surface area contributed by atoms with Crippen molar-refractivity contribution in [2.24, 2.45) is 0 Å². The van der Waals surface area contributed by atoms with Gasteiger partial charge in [0.1, 0.15) is 11.6 Å². The zero-order chi connectivity index (χ0) is 38.4. The minimum absolute atomic E-state index is 0.0992. The lowest BCUT2D eigenvalue weighted by Gasteiger charge is -2.16. The molecule has 0 aliphatic carbocycles. The number of halogens is 10. The second kappa shape index (κ2) is 19.9. The molecule has 0 N–H and O–H groups in total. The van der Waals surface area contributed by atoms with Crippen LogP contribution in [-0.2, 0) is 9.47 Å². The normalized spacial score (nSPS) is 11.2. The van der Waals surface area contributed by atoms with Crippen LogP contribution >= 0.6 is 0 Å². The number of rotatable bonds is 16. The Kier molecular flexibility index (Phi) is 15.4. The molecular formula is C41H34F10O2. The Morgan fingerprint density at radius 3 is 1.15 bits per heavy atom. The Bertz CT molecular complexity index is 1800. The Morgan fingerprint density at radius 1 is 0.434 bits per heavy atom. The van der Waals surface area contributed by atoms with Gasteiger partial charge in [-0.15, -0.1) is 8.78 Å². The van der Waals surface area contributed by atoms with E-state index in [9.17, 15) is 43.9 Å². The van der Waals surface area contributed by atoms with E-state index in [2.05, 4.69) is 33.2 Å². The molecule has 0 radical (unpaired) electrons. The predicted octanol–water partition coefficient (Wildman–Crippen LogP) is 12.0. The van der Waals surface area contributed by atoms with Gasteiger partial charge in [0, 0.05) is 35.1 Å². The second-order valence-corrected chi connectivity index (χ2v) is 12.0. The number of hydrogen-bond acceptors (Lipinski definition) is 2. The zero-order valence-electron chi connectivity index (χ0n) is 28.4. The standard InChI is InChI=1S/C41H34F10O2/c42-33-21-27(15-17-31(33)29-23-35(44)39(48)36(45)24-29)13-9-5-1-3-7-11-19-52-41(50,51)53-20-12-8-4-2-6-10-14-28-16-18-32(34(43)22-28)30-25-37(46)40(49)38(47)26-30/h15-18,21-26H,1-8,11-12,19-20H2. The summed E-state index contributed by atoms with van der Waals surface area (Å²) in [6, 6.07) is 10.6. The quantitative estimate of drug-likeness (QED) is 0.0373. The van der Waals surface area contributed by atoms with E-state index in [-0.39, 0.29) is 35.5 Å².